The minimum atomic E-state index is 0.436. The third-order valence-electron chi connectivity index (χ3n) is 4.48. The van der Waals surface area contributed by atoms with Crippen molar-refractivity contribution in [3.8, 4) is 0 Å². The molecule has 6 nitrogen and oxygen atoms in total. The van der Waals surface area contributed by atoms with Gasteiger partial charge in [-0.25, -0.2) is 15.0 Å². The highest BCUT2D eigenvalue weighted by atomic mass is 35.5. The molecule has 2 aromatic rings. The van der Waals surface area contributed by atoms with Crippen molar-refractivity contribution >= 4 is 23.2 Å². The summed E-state index contributed by atoms with van der Waals surface area (Å²) in [6.07, 6.45) is 4.46. The number of likely N-dealkylation sites (N-methyl/N-ethyl adjacent to an activating group) is 1. The van der Waals surface area contributed by atoms with Gasteiger partial charge in [0.2, 0.25) is 0 Å². The van der Waals surface area contributed by atoms with Crippen LogP contribution in [0.5, 0.6) is 0 Å². The molecule has 1 unspecified atom stereocenters. The molecule has 0 amide bonds. The Bertz CT molecular complexity index is 692. The number of hydrogen-bond acceptors (Lipinski definition) is 6. The molecular formula is C17H23ClN6. The molecule has 1 aliphatic heterocycles. The Kier molecular flexibility index (Phi) is 5.16. The van der Waals surface area contributed by atoms with Crippen LogP contribution in [0.4, 0.5) is 11.6 Å². The largest absolute Gasteiger partial charge is 0.363 e. The van der Waals surface area contributed by atoms with Crippen molar-refractivity contribution in [1.29, 1.82) is 0 Å². The first-order valence-corrected chi connectivity index (χ1v) is 8.46. The van der Waals surface area contributed by atoms with E-state index in [-0.39, 0.29) is 0 Å². The predicted molar refractivity (Wildman–Crippen MR) is 97.7 cm³/mol. The van der Waals surface area contributed by atoms with E-state index in [0.717, 1.165) is 43.3 Å². The third-order valence-corrected chi connectivity index (χ3v) is 4.82. The quantitative estimate of drug-likeness (QED) is 0.774. The maximum atomic E-state index is 6.17. The van der Waals surface area contributed by atoms with Crippen molar-refractivity contribution in [2.45, 2.75) is 19.0 Å². The summed E-state index contributed by atoms with van der Waals surface area (Å²) in [6, 6.07) is 6.44. The van der Waals surface area contributed by atoms with Crippen molar-refractivity contribution in [3.63, 3.8) is 0 Å². The number of halogens is 1. The van der Waals surface area contributed by atoms with Crippen LogP contribution >= 0.6 is 11.6 Å². The smallest absolute Gasteiger partial charge is 0.134 e. The molecule has 0 radical (unpaired) electrons. The zero-order valence-corrected chi connectivity index (χ0v) is 15.1. The van der Waals surface area contributed by atoms with Crippen LogP contribution < -0.4 is 9.80 Å². The molecule has 1 fully saturated rings. The Morgan fingerprint density at radius 2 is 2.00 bits per heavy atom. The van der Waals surface area contributed by atoms with Crippen LogP contribution in [-0.4, -0.2) is 60.1 Å². The first-order valence-electron chi connectivity index (χ1n) is 8.08. The number of pyridine rings is 1. The van der Waals surface area contributed by atoms with Crippen LogP contribution in [0.15, 0.2) is 30.7 Å². The second-order valence-electron chi connectivity index (χ2n) is 6.37. The third kappa shape index (κ3) is 3.76. The SMILES string of the molecule is CN(C)c1cc(N(C)C2CCN(Cc3cccnc3Cl)C2)ncn1. The Balaban J connectivity index is 1.65. The van der Waals surface area contributed by atoms with Crippen molar-refractivity contribution < 1.29 is 0 Å². The Hall–Kier alpha value is -1.92. The average Bonchev–Trinajstić information content (AvgIpc) is 3.05. The summed E-state index contributed by atoms with van der Waals surface area (Å²) in [4.78, 5) is 19.5. The monoisotopic (exact) mass is 346 g/mol. The van der Waals surface area contributed by atoms with E-state index in [4.69, 9.17) is 11.6 Å². The van der Waals surface area contributed by atoms with Crippen LogP contribution in [0, 0.1) is 0 Å². The standard InChI is InChI=1S/C17H23ClN6/c1-22(2)15-9-16(21-12-20-15)23(3)14-6-8-24(11-14)10-13-5-4-7-19-17(13)18/h4-5,7,9,12,14H,6,8,10-11H2,1-3H3. The molecule has 0 aromatic carbocycles. The molecule has 1 saturated heterocycles. The van der Waals surface area contributed by atoms with E-state index < -0.39 is 0 Å². The lowest BCUT2D eigenvalue weighted by Crippen LogP contribution is -2.35. The first-order chi connectivity index (χ1) is 11.5. The van der Waals surface area contributed by atoms with Crippen LogP contribution in [0.25, 0.3) is 0 Å². The number of likely N-dealkylation sites (tertiary alicyclic amines) is 1. The maximum absolute atomic E-state index is 6.17. The fourth-order valence-corrected chi connectivity index (χ4v) is 3.19. The van der Waals surface area contributed by atoms with Crippen molar-refractivity contribution in [3.05, 3.63) is 41.4 Å². The molecule has 1 aliphatic rings. The number of rotatable bonds is 5. The lowest BCUT2D eigenvalue weighted by Gasteiger charge is -2.26. The predicted octanol–water partition coefficient (Wildman–Crippen LogP) is 2.30. The minimum Gasteiger partial charge on any atom is -0.363 e. The molecule has 24 heavy (non-hydrogen) atoms. The van der Waals surface area contributed by atoms with Crippen LogP contribution in [-0.2, 0) is 6.54 Å². The molecule has 7 heteroatoms. The average molecular weight is 347 g/mol. The summed E-state index contributed by atoms with van der Waals surface area (Å²) in [6.45, 7) is 2.87. The van der Waals surface area contributed by atoms with Crippen molar-refractivity contribution in [2.75, 3.05) is 44.0 Å². The van der Waals surface area contributed by atoms with Gasteiger partial charge in [-0.1, -0.05) is 17.7 Å². The van der Waals surface area contributed by atoms with Gasteiger partial charge in [-0.15, -0.1) is 0 Å². The lowest BCUT2D eigenvalue weighted by molar-refractivity contribution is 0.325. The molecule has 0 saturated carbocycles. The highest BCUT2D eigenvalue weighted by molar-refractivity contribution is 6.30. The molecule has 2 aromatic heterocycles. The van der Waals surface area contributed by atoms with Gasteiger partial charge >= 0.3 is 0 Å². The second-order valence-corrected chi connectivity index (χ2v) is 6.73. The fourth-order valence-electron chi connectivity index (χ4n) is 3.01. The Morgan fingerprint density at radius 1 is 1.21 bits per heavy atom. The molecule has 0 N–H and O–H groups in total. The molecule has 3 heterocycles. The van der Waals surface area contributed by atoms with E-state index in [9.17, 15) is 0 Å². The second kappa shape index (κ2) is 7.32. The van der Waals surface area contributed by atoms with E-state index in [1.165, 1.54) is 0 Å². The zero-order valence-electron chi connectivity index (χ0n) is 14.4. The van der Waals surface area contributed by atoms with Gasteiger partial charge in [0.15, 0.2) is 0 Å². The maximum Gasteiger partial charge on any atom is 0.134 e. The minimum absolute atomic E-state index is 0.436. The molecule has 0 spiro atoms. The van der Waals surface area contributed by atoms with E-state index in [2.05, 4.69) is 31.8 Å². The van der Waals surface area contributed by atoms with Gasteiger partial charge in [-0.3, -0.25) is 4.90 Å². The molecule has 1 atom stereocenters. The van der Waals surface area contributed by atoms with Gasteiger partial charge in [0.1, 0.15) is 23.1 Å². The normalized spacial score (nSPS) is 17.9. The van der Waals surface area contributed by atoms with Gasteiger partial charge in [-0.05, 0) is 12.5 Å². The summed E-state index contributed by atoms with van der Waals surface area (Å²) in [5.41, 5.74) is 1.08. The van der Waals surface area contributed by atoms with Gasteiger partial charge in [0.25, 0.3) is 0 Å². The number of hydrogen-bond donors (Lipinski definition) is 0. The van der Waals surface area contributed by atoms with E-state index in [0.29, 0.717) is 11.2 Å². The summed E-state index contributed by atoms with van der Waals surface area (Å²) >= 11 is 6.17. The number of anilines is 2. The highest BCUT2D eigenvalue weighted by Crippen LogP contribution is 2.24. The van der Waals surface area contributed by atoms with E-state index in [1.807, 2.05) is 37.2 Å². The Morgan fingerprint density at radius 3 is 2.75 bits per heavy atom. The van der Waals surface area contributed by atoms with Crippen LogP contribution in [0.1, 0.15) is 12.0 Å². The fraction of sp³-hybridized carbons (Fsp3) is 0.471. The number of nitrogens with zero attached hydrogens (tertiary/aromatic N) is 6. The van der Waals surface area contributed by atoms with E-state index in [1.54, 1.807) is 12.5 Å². The number of aromatic nitrogens is 3. The van der Waals surface area contributed by atoms with Crippen LogP contribution in [0.2, 0.25) is 5.15 Å². The molecule has 0 aliphatic carbocycles. The summed E-state index contributed by atoms with van der Waals surface area (Å²) < 4.78 is 0. The van der Waals surface area contributed by atoms with Crippen LogP contribution in [0.3, 0.4) is 0 Å². The molecule has 0 bridgehead atoms. The van der Waals surface area contributed by atoms with Crippen molar-refractivity contribution in [2.24, 2.45) is 0 Å². The summed E-state index contributed by atoms with van der Waals surface area (Å²) in [7, 11) is 6.08. The molecule has 3 rings (SSSR count). The highest BCUT2D eigenvalue weighted by Gasteiger charge is 2.27. The zero-order chi connectivity index (χ0) is 17.1. The van der Waals surface area contributed by atoms with Gasteiger partial charge < -0.3 is 9.80 Å². The lowest BCUT2D eigenvalue weighted by atomic mass is 10.2. The first kappa shape index (κ1) is 16.9. The van der Waals surface area contributed by atoms with Gasteiger partial charge in [0, 0.05) is 64.6 Å². The van der Waals surface area contributed by atoms with Gasteiger partial charge in [0.05, 0.1) is 0 Å². The topological polar surface area (TPSA) is 48.4 Å². The van der Waals surface area contributed by atoms with Crippen molar-refractivity contribution in [1.82, 2.24) is 19.9 Å². The molecular weight excluding hydrogens is 324 g/mol. The molecule has 128 valence electrons. The Labute approximate surface area is 148 Å². The summed E-state index contributed by atoms with van der Waals surface area (Å²) in [5.74, 6) is 1.88. The summed E-state index contributed by atoms with van der Waals surface area (Å²) in [5, 5.41) is 0.598. The van der Waals surface area contributed by atoms with Gasteiger partial charge in [-0.2, -0.15) is 0 Å². The van der Waals surface area contributed by atoms with E-state index >= 15 is 0 Å².